The Hall–Kier alpha value is -9.50. The van der Waals surface area contributed by atoms with E-state index in [1.165, 1.54) is 55.2 Å². The lowest BCUT2D eigenvalue weighted by Crippen LogP contribution is -2.17. The maximum absolute atomic E-state index is 12.7. The lowest BCUT2D eigenvalue weighted by atomic mass is 10.0. The number of rotatable bonds is 11. The Morgan fingerprint density at radius 2 is 0.692 bits per heavy atom. The SMILES string of the molecule is Nc1ccncc1NC(=O)c1ccncc1.O=C(Nc1ccncc1NC(=O)c1ccncc1)c1ccc(C(=O)c2ccccc2)cc1.O=C(O)c1ccc(C(=O)c2ccccc2)cc1. The largest absolute Gasteiger partial charge is 0.478 e. The molecule has 0 spiro atoms. The number of carbonyl (C=O) groups is 6. The fourth-order valence-electron chi connectivity index (χ4n) is 5.75. The number of anilines is 4. The van der Waals surface area contributed by atoms with Gasteiger partial charge in [0.15, 0.2) is 11.6 Å². The number of ketones is 2. The van der Waals surface area contributed by atoms with Gasteiger partial charge < -0.3 is 26.8 Å². The first-order valence-corrected chi connectivity index (χ1v) is 19.6. The number of carboxylic acid groups (broad SMARTS) is 1. The number of carboxylic acids is 1. The summed E-state index contributed by atoms with van der Waals surface area (Å²) in [6.45, 7) is 0. The lowest BCUT2D eigenvalue weighted by molar-refractivity contribution is 0.0695. The van der Waals surface area contributed by atoms with Crippen molar-refractivity contribution in [3.05, 3.63) is 240 Å². The number of pyridine rings is 4. The lowest BCUT2D eigenvalue weighted by Gasteiger charge is -2.12. The van der Waals surface area contributed by atoms with Crippen LogP contribution in [0.15, 0.2) is 195 Å². The first kappa shape index (κ1) is 45.0. The van der Waals surface area contributed by atoms with Crippen LogP contribution in [-0.4, -0.2) is 60.3 Å². The molecule has 3 amide bonds. The van der Waals surface area contributed by atoms with E-state index in [0.29, 0.717) is 61.7 Å². The highest BCUT2D eigenvalue weighted by Crippen LogP contribution is 2.22. The molecule has 4 aromatic carbocycles. The molecule has 4 heterocycles. The number of hydrogen-bond acceptors (Lipinski definition) is 11. The average Bonchev–Trinajstić information content (AvgIpc) is 3.36. The molecule has 0 saturated carbocycles. The van der Waals surface area contributed by atoms with E-state index in [2.05, 4.69) is 35.9 Å². The Morgan fingerprint density at radius 3 is 1.14 bits per heavy atom. The summed E-state index contributed by atoms with van der Waals surface area (Å²) in [4.78, 5) is 87.7. The van der Waals surface area contributed by atoms with Crippen LogP contribution in [0.25, 0.3) is 0 Å². The molecule has 320 valence electrons. The summed E-state index contributed by atoms with van der Waals surface area (Å²) in [6, 6.07) is 39.8. The summed E-state index contributed by atoms with van der Waals surface area (Å²) in [5, 5.41) is 16.9. The smallest absolute Gasteiger partial charge is 0.335 e. The Balaban J connectivity index is 0.000000178. The van der Waals surface area contributed by atoms with Crippen molar-refractivity contribution in [1.29, 1.82) is 0 Å². The number of hydrogen-bond donors (Lipinski definition) is 5. The topological polar surface area (TPSA) is 236 Å². The Bertz CT molecular complexity index is 2900. The maximum Gasteiger partial charge on any atom is 0.335 e. The van der Waals surface area contributed by atoms with Gasteiger partial charge in [0.2, 0.25) is 0 Å². The van der Waals surface area contributed by atoms with Gasteiger partial charge >= 0.3 is 5.97 Å². The molecule has 4 aromatic heterocycles. The van der Waals surface area contributed by atoms with Crippen LogP contribution in [0, 0.1) is 0 Å². The highest BCUT2D eigenvalue weighted by atomic mass is 16.4. The molecule has 0 aliphatic carbocycles. The van der Waals surface area contributed by atoms with Gasteiger partial charge in [-0.05, 0) is 60.7 Å². The Kier molecular flexibility index (Phi) is 15.5. The highest BCUT2D eigenvalue weighted by Gasteiger charge is 2.15. The number of aromatic carboxylic acids is 1. The minimum Gasteiger partial charge on any atom is -0.478 e. The van der Waals surface area contributed by atoms with Crippen molar-refractivity contribution in [1.82, 2.24) is 19.9 Å². The monoisotopic (exact) mass is 862 g/mol. The number of nitrogens with two attached hydrogens (primary N) is 1. The average molecular weight is 863 g/mol. The molecule has 0 saturated heterocycles. The van der Waals surface area contributed by atoms with Crippen LogP contribution in [0.1, 0.15) is 73.3 Å². The van der Waals surface area contributed by atoms with Crippen molar-refractivity contribution in [3.63, 3.8) is 0 Å². The third kappa shape index (κ3) is 12.8. The molecule has 0 bridgehead atoms. The van der Waals surface area contributed by atoms with Crippen molar-refractivity contribution in [2.24, 2.45) is 0 Å². The van der Waals surface area contributed by atoms with Crippen molar-refractivity contribution in [2.45, 2.75) is 0 Å². The van der Waals surface area contributed by atoms with E-state index < -0.39 is 5.97 Å². The van der Waals surface area contributed by atoms with E-state index in [1.807, 2.05) is 12.1 Å². The molecule has 6 N–H and O–H groups in total. The number of nitrogen functional groups attached to an aromatic ring is 1. The molecule has 8 rings (SSSR count). The van der Waals surface area contributed by atoms with Crippen molar-refractivity contribution in [3.8, 4) is 0 Å². The van der Waals surface area contributed by atoms with Crippen LogP contribution in [0.4, 0.5) is 22.7 Å². The van der Waals surface area contributed by atoms with Crippen LogP contribution < -0.4 is 21.7 Å². The number of amides is 3. The summed E-state index contributed by atoms with van der Waals surface area (Å²) >= 11 is 0. The maximum atomic E-state index is 12.7. The van der Waals surface area contributed by atoms with E-state index in [-0.39, 0.29) is 34.9 Å². The molecular weight excluding hydrogens is 825 g/mol. The zero-order valence-electron chi connectivity index (χ0n) is 34.2. The zero-order chi connectivity index (χ0) is 46.0. The van der Waals surface area contributed by atoms with Crippen molar-refractivity contribution >= 4 is 58.0 Å². The van der Waals surface area contributed by atoms with E-state index in [0.717, 1.165) is 0 Å². The molecule has 0 atom stereocenters. The molecule has 0 aliphatic heterocycles. The first-order chi connectivity index (χ1) is 31.6. The first-order valence-electron chi connectivity index (χ1n) is 19.6. The second-order valence-electron chi connectivity index (χ2n) is 13.6. The second-order valence-corrected chi connectivity index (χ2v) is 13.6. The third-order valence-electron chi connectivity index (χ3n) is 9.18. The van der Waals surface area contributed by atoms with E-state index in [4.69, 9.17) is 10.8 Å². The summed E-state index contributed by atoms with van der Waals surface area (Å²) in [6.07, 6.45) is 12.2. The van der Waals surface area contributed by atoms with E-state index in [1.54, 1.807) is 128 Å². The van der Waals surface area contributed by atoms with E-state index in [9.17, 15) is 28.8 Å². The summed E-state index contributed by atoms with van der Waals surface area (Å²) in [5.41, 5.74) is 11.1. The Morgan fingerprint density at radius 1 is 0.354 bits per heavy atom. The zero-order valence-corrected chi connectivity index (χ0v) is 34.2. The van der Waals surface area contributed by atoms with Gasteiger partial charge in [0.1, 0.15) is 0 Å². The second kappa shape index (κ2) is 22.4. The van der Waals surface area contributed by atoms with Gasteiger partial charge in [-0.25, -0.2) is 4.79 Å². The number of aromatic nitrogens is 4. The molecule has 15 heteroatoms. The standard InChI is InChI=1S/C25H18N4O3.C14H10O3.C11H10N4O/c30-23(17-4-2-1-3-5-17)18-6-8-19(9-7-18)24(31)28-21-12-15-27-16-22(21)29-25(32)20-10-13-26-14-11-20;15-13(10-4-2-1-3-5-10)11-6-8-12(9-7-11)14(16)17;12-9-3-6-14-7-10(9)15-11(16)8-1-4-13-5-2-8/h1-16H,(H,29,32)(H,27,28,31);1-9H,(H,16,17);1-7H,(H2,12,14)(H,15,16). The molecule has 0 radical (unpaired) electrons. The molecule has 0 fully saturated rings. The molecule has 8 aromatic rings. The van der Waals surface area contributed by atoms with Crippen LogP contribution in [0.2, 0.25) is 0 Å². The van der Waals surface area contributed by atoms with Crippen molar-refractivity contribution in [2.75, 3.05) is 21.7 Å². The fourth-order valence-corrected chi connectivity index (χ4v) is 5.75. The quantitative estimate of drug-likeness (QED) is 0.0775. The molecular formula is C50H38N8O7. The summed E-state index contributed by atoms with van der Waals surface area (Å²) in [5.74, 6) is -2.19. The fraction of sp³-hybridized carbons (Fsp3) is 0. The van der Waals surface area contributed by atoms with Crippen LogP contribution in [-0.2, 0) is 0 Å². The third-order valence-corrected chi connectivity index (χ3v) is 9.18. The molecule has 65 heavy (non-hydrogen) atoms. The van der Waals surface area contributed by atoms with Gasteiger partial charge in [-0.2, -0.15) is 0 Å². The predicted octanol–water partition coefficient (Wildman–Crippen LogP) is 8.14. The Labute approximate surface area is 372 Å². The molecule has 0 aliphatic rings. The van der Waals surface area contributed by atoms with Gasteiger partial charge in [-0.3, -0.25) is 43.9 Å². The summed E-state index contributed by atoms with van der Waals surface area (Å²) in [7, 11) is 0. The molecule has 0 unspecified atom stereocenters. The predicted molar refractivity (Wildman–Crippen MR) is 245 cm³/mol. The number of nitrogens with one attached hydrogen (secondary N) is 3. The molecule has 15 nitrogen and oxygen atoms in total. The number of benzene rings is 4. The van der Waals surface area contributed by atoms with Crippen LogP contribution >= 0.6 is 0 Å². The number of carbonyl (C=O) groups excluding carboxylic acids is 5. The van der Waals surface area contributed by atoms with Crippen molar-refractivity contribution < 1.29 is 33.9 Å². The minimum atomic E-state index is -0.997. The normalized spacial score (nSPS) is 10.0. The highest BCUT2D eigenvalue weighted by molar-refractivity contribution is 6.12. The van der Waals surface area contributed by atoms with Gasteiger partial charge in [-0.15, -0.1) is 0 Å². The van der Waals surface area contributed by atoms with Crippen LogP contribution in [0.5, 0.6) is 0 Å². The summed E-state index contributed by atoms with van der Waals surface area (Å²) < 4.78 is 0. The van der Waals surface area contributed by atoms with Gasteiger partial charge in [0, 0.05) is 76.1 Å². The van der Waals surface area contributed by atoms with Gasteiger partial charge in [-0.1, -0.05) is 84.9 Å². The van der Waals surface area contributed by atoms with E-state index >= 15 is 0 Å². The van der Waals surface area contributed by atoms with Gasteiger partial charge in [0.25, 0.3) is 17.7 Å². The number of nitrogens with zero attached hydrogens (tertiary/aromatic N) is 4. The van der Waals surface area contributed by atoms with Crippen LogP contribution in [0.3, 0.4) is 0 Å². The van der Waals surface area contributed by atoms with Gasteiger partial charge in [0.05, 0.1) is 40.7 Å². The minimum absolute atomic E-state index is 0.109.